The molecule has 0 spiro atoms. The van der Waals surface area contributed by atoms with Gasteiger partial charge in [0, 0.05) is 24.5 Å². The summed E-state index contributed by atoms with van der Waals surface area (Å²) in [5.41, 5.74) is 3.66. The van der Waals surface area contributed by atoms with Crippen LogP contribution in [0.25, 0.3) is 5.65 Å². The Hall–Kier alpha value is -2.71. The largest absolute Gasteiger partial charge is 0.348 e. The zero-order chi connectivity index (χ0) is 18.2. The quantitative estimate of drug-likeness (QED) is 0.737. The molecule has 0 atom stereocenters. The fraction of sp³-hybridized carbons (Fsp3) is 0.176. The first kappa shape index (κ1) is 17.1. The van der Waals surface area contributed by atoms with E-state index in [1.165, 1.54) is 12.1 Å². The lowest BCUT2D eigenvalue weighted by molar-refractivity contribution is 0.0951. The molecule has 0 aliphatic rings. The molecule has 0 aliphatic heterocycles. The van der Waals surface area contributed by atoms with Crippen LogP contribution in [0.2, 0.25) is 0 Å². The lowest BCUT2D eigenvalue weighted by atomic mass is 10.1. The Kier molecular flexibility index (Phi) is 4.32. The maximum atomic E-state index is 12.3. The number of amides is 1. The molecule has 7 nitrogen and oxygen atoms in total. The molecule has 1 aromatic carbocycles. The Bertz CT molecular complexity index is 1070. The molecule has 0 fully saturated rings. The third-order valence-electron chi connectivity index (χ3n) is 3.92. The van der Waals surface area contributed by atoms with Crippen molar-refractivity contribution in [2.75, 3.05) is 0 Å². The molecule has 0 saturated carbocycles. The third-order valence-corrected chi connectivity index (χ3v) is 4.84. The number of nitrogens with zero attached hydrogens (tertiary/aromatic N) is 2. The van der Waals surface area contributed by atoms with Gasteiger partial charge in [-0.05, 0) is 49.2 Å². The molecule has 0 unspecified atom stereocenters. The second kappa shape index (κ2) is 6.30. The topological polar surface area (TPSA) is 107 Å². The first-order valence-corrected chi connectivity index (χ1v) is 9.14. The Morgan fingerprint density at radius 1 is 1.24 bits per heavy atom. The van der Waals surface area contributed by atoms with Crippen molar-refractivity contribution in [2.45, 2.75) is 25.3 Å². The van der Waals surface area contributed by atoms with Gasteiger partial charge < -0.3 is 9.72 Å². The van der Waals surface area contributed by atoms with Crippen LogP contribution in [0.4, 0.5) is 0 Å². The lowest BCUT2D eigenvalue weighted by Crippen LogP contribution is -2.23. The summed E-state index contributed by atoms with van der Waals surface area (Å²) in [4.78, 5) is 16.7. The highest BCUT2D eigenvalue weighted by molar-refractivity contribution is 7.89. The summed E-state index contributed by atoms with van der Waals surface area (Å²) in [6.45, 7) is 3.95. The van der Waals surface area contributed by atoms with Crippen LogP contribution in [0.3, 0.4) is 0 Å². The van der Waals surface area contributed by atoms with Crippen molar-refractivity contribution >= 4 is 21.6 Å². The van der Waals surface area contributed by atoms with E-state index >= 15 is 0 Å². The fourth-order valence-corrected chi connectivity index (χ4v) is 3.17. The number of nitrogens with two attached hydrogens (primary N) is 1. The number of imidazole rings is 1. The van der Waals surface area contributed by atoms with Crippen molar-refractivity contribution in [1.29, 1.82) is 0 Å². The fourth-order valence-electron chi connectivity index (χ4n) is 2.57. The van der Waals surface area contributed by atoms with E-state index in [0.717, 1.165) is 16.8 Å². The minimum absolute atomic E-state index is 0.0557. The molecule has 3 aromatic rings. The summed E-state index contributed by atoms with van der Waals surface area (Å²) in [7, 11) is -3.73. The Morgan fingerprint density at radius 2 is 2.00 bits per heavy atom. The first-order valence-electron chi connectivity index (χ1n) is 7.60. The van der Waals surface area contributed by atoms with E-state index in [9.17, 15) is 13.2 Å². The van der Waals surface area contributed by atoms with E-state index in [1.54, 1.807) is 31.3 Å². The van der Waals surface area contributed by atoms with E-state index in [1.807, 2.05) is 17.5 Å². The van der Waals surface area contributed by atoms with Crippen molar-refractivity contribution in [2.24, 2.45) is 5.14 Å². The van der Waals surface area contributed by atoms with Gasteiger partial charge in [0.2, 0.25) is 10.0 Å². The number of hydrogen-bond acceptors (Lipinski definition) is 4. The van der Waals surface area contributed by atoms with E-state index in [0.29, 0.717) is 11.2 Å². The molecule has 0 bridgehead atoms. The van der Waals surface area contributed by atoms with E-state index < -0.39 is 10.0 Å². The number of primary sulfonamides is 1. The van der Waals surface area contributed by atoms with Crippen molar-refractivity contribution in [3.8, 4) is 0 Å². The van der Waals surface area contributed by atoms with Gasteiger partial charge in [-0.2, -0.15) is 0 Å². The number of aryl methyl sites for hydroxylation is 2. The van der Waals surface area contributed by atoms with Crippen LogP contribution in [-0.4, -0.2) is 23.7 Å². The molecule has 130 valence electrons. The highest BCUT2D eigenvalue weighted by Crippen LogP contribution is 2.15. The minimum atomic E-state index is -3.73. The number of fused-ring (bicyclic) bond motifs is 1. The number of pyridine rings is 1. The van der Waals surface area contributed by atoms with Crippen LogP contribution in [0.1, 0.15) is 27.2 Å². The normalized spacial score (nSPS) is 11.6. The molecule has 3 N–H and O–H groups in total. The summed E-state index contributed by atoms with van der Waals surface area (Å²) < 4.78 is 24.6. The molecule has 2 aromatic heterocycles. The SMILES string of the molecule is Cc1cn2ccc(C(=O)NCc3ccc(S(N)(=O)=O)cc3C)cc2n1. The van der Waals surface area contributed by atoms with Gasteiger partial charge in [-0.3, -0.25) is 4.79 Å². The van der Waals surface area contributed by atoms with Crippen molar-refractivity contribution < 1.29 is 13.2 Å². The van der Waals surface area contributed by atoms with Gasteiger partial charge in [-0.15, -0.1) is 0 Å². The van der Waals surface area contributed by atoms with Gasteiger partial charge >= 0.3 is 0 Å². The molecule has 2 heterocycles. The molecule has 0 aliphatic carbocycles. The second-order valence-electron chi connectivity index (χ2n) is 5.88. The molecular formula is C17H18N4O3S. The number of aromatic nitrogens is 2. The van der Waals surface area contributed by atoms with Crippen LogP contribution in [0.5, 0.6) is 0 Å². The van der Waals surface area contributed by atoms with E-state index in [-0.39, 0.29) is 17.3 Å². The highest BCUT2D eigenvalue weighted by Gasteiger charge is 2.11. The number of carbonyl (C=O) groups is 1. The van der Waals surface area contributed by atoms with E-state index in [4.69, 9.17) is 5.14 Å². The number of hydrogen-bond donors (Lipinski definition) is 2. The van der Waals surface area contributed by atoms with Crippen molar-refractivity contribution in [3.63, 3.8) is 0 Å². The molecule has 0 radical (unpaired) electrons. The first-order chi connectivity index (χ1) is 11.7. The highest BCUT2D eigenvalue weighted by atomic mass is 32.2. The van der Waals surface area contributed by atoms with Crippen LogP contribution < -0.4 is 10.5 Å². The lowest BCUT2D eigenvalue weighted by Gasteiger charge is -2.09. The second-order valence-corrected chi connectivity index (χ2v) is 7.44. The molecular weight excluding hydrogens is 340 g/mol. The van der Waals surface area contributed by atoms with Gasteiger partial charge in [-0.25, -0.2) is 18.5 Å². The average molecular weight is 358 g/mol. The number of nitrogens with one attached hydrogen (secondary N) is 1. The summed E-state index contributed by atoms with van der Waals surface area (Å²) in [5.74, 6) is -0.224. The maximum absolute atomic E-state index is 12.3. The molecule has 1 amide bonds. The average Bonchev–Trinajstić information content (AvgIpc) is 2.91. The van der Waals surface area contributed by atoms with Gasteiger partial charge in [0.1, 0.15) is 5.65 Å². The molecule has 3 rings (SSSR count). The minimum Gasteiger partial charge on any atom is -0.348 e. The molecule has 8 heteroatoms. The van der Waals surface area contributed by atoms with Gasteiger partial charge in [0.25, 0.3) is 5.91 Å². The number of carbonyl (C=O) groups excluding carboxylic acids is 1. The monoisotopic (exact) mass is 358 g/mol. The summed E-state index contributed by atoms with van der Waals surface area (Å²) in [6.07, 6.45) is 3.67. The van der Waals surface area contributed by atoms with Crippen LogP contribution in [-0.2, 0) is 16.6 Å². The van der Waals surface area contributed by atoms with Crippen LogP contribution in [0, 0.1) is 13.8 Å². The van der Waals surface area contributed by atoms with Crippen molar-refractivity contribution in [3.05, 3.63) is 65.1 Å². The number of sulfonamides is 1. The third kappa shape index (κ3) is 3.70. The Balaban J connectivity index is 1.75. The van der Waals surface area contributed by atoms with Gasteiger partial charge in [0.05, 0.1) is 10.6 Å². The van der Waals surface area contributed by atoms with Gasteiger partial charge in [0.15, 0.2) is 0 Å². The summed E-state index contributed by atoms with van der Waals surface area (Å²) in [5, 5.41) is 7.94. The standard InChI is InChI=1S/C17H18N4O3S/c1-11-7-15(25(18,23)24)4-3-14(11)9-19-17(22)13-5-6-21-10-12(2)20-16(21)8-13/h3-8,10H,9H2,1-2H3,(H,19,22)(H2,18,23,24). The smallest absolute Gasteiger partial charge is 0.251 e. The molecule has 25 heavy (non-hydrogen) atoms. The predicted octanol–water partition coefficient (Wildman–Crippen LogP) is 1.53. The number of benzene rings is 1. The predicted molar refractivity (Wildman–Crippen MR) is 93.7 cm³/mol. The Labute approximate surface area is 145 Å². The van der Waals surface area contributed by atoms with Gasteiger partial charge in [-0.1, -0.05) is 6.07 Å². The zero-order valence-electron chi connectivity index (χ0n) is 13.9. The van der Waals surface area contributed by atoms with E-state index in [2.05, 4.69) is 10.3 Å². The van der Waals surface area contributed by atoms with Crippen LogP contribution in [0.15, 0.2) is 47.6 Å². The van der Waals surface area contributed by atoms with Crippen molar-refractivity contribution in [1.82, 2.24) is 14.7 Å². The summed E-state index contributed by atoms with van der Waals surface area (Å²) in [6, 6.07) is 8.02. The Morgan fingerprint density at radius 3 is 2.68 bits per heavy atom. The molecule has 0 saturated heterocycles. The maximum Gasteiger partial charge on any atom is 0.251 e. The summed E-state index contributed by atoms with van der Waals surface area (Å²) >= 11 is 0. The number of rotatable bonds is 4. The van der Waals surface area contributed by atoms with Crippen LogP contribution >= 0.6 is 0 Å². The zero-order valence-corrected chi connectivity index (χ0v) is 14.7.